The number of hydrogen-bond donors (Lipinski definition) is 1. The Bertz CT molecular complexity index is 796. The van der Waals surface area contributed by atoms with Gasteiger partial charge in [0, 0.05) is 23.8 Å². The second-order valence-electron chi connectivity index (χ2n) is 6.09. The number of rotatable bonds is 4. The zero-order valence-corrected chi connectivity index (χ0v) is 14.3. The van der Waals surface area contributed by atoms with Crippen molar-refractivity contribution in [2.24, 2.45) is 0 Å². The molecule has 1 aliphatic rings. The van der Waals surface area contributed by atoms with Crippen molar-refractivity contribution < 1.29 is 9.53 Å². The molecule has 1 atom stereocenters. The lowest BCUT2D eigenvalue weighted by molar-refractivity contribution is -0.117. The minimum Gasteiger partial charge on any atom is -0.487 e. The van der Waals surface area contributed by atoms with E-state index >= 15 is 0 Å². The number of benzene rings is 1. The van der Waals surface area contributed by atoms with Crippen molar-refractivity contribution in [3.63, 3.8) is 0 Å². The van der Waals surface area contributed by atoms with Crippen LogP contribution < -0.4 is 10.1 Å². The summed E-state index contributed by atoms with van der Waals surface area (Å²) in [6.45, 7) is 6.22. The van der Waals surface area contributed by atoms with Crippen LogP contribution in [0.2, 0.25) is 0 Å². The van der Waals surface area contributed by atoms with E-state index in [-0.39, 0.29) is 12.0 Å². The van der Waals surface area contributed by atoms with Crippen molar-refractivity contribution in [3.8, 4) is 17.0 Å². The highest BCUT2D eigenvalue weighted by Gasteiger charge is 2.26. The predicted molar refractivity (Wildman–Crippen MR) is 95.0 cm³/mol. The highest BCUT2D eigenvalue weighted by Crippen LogP contribution is 2.38. The van der Waals surface area contributed by atoms with Crippen LogP contribution in [0.1, 0.15) is 25.0 Å². The van der Waals surface area contributed by atoms with Gasteiger partial charge in [-0.2, -0.15) is 0 Å². The number of carbonyl (C=O) groups excluding carboxylic acids is 1. The van der Waals surface area contributed by atoms with E-state index in [4.69, 9.17) is 4.74 Å². The molecule has 3 rings (SSSR count). The molecule has 1 aromatic heterocycles. The minimum absolute atomic E-state index is 0.0428. The van der Waals surface area contributed by atoms with Gasteiger partial charge in [-0.15, -0.1) is 0 Å². The van der Waals surface area contributed by atoms with Crippen LogP contribution in [-0.4, -0.2) is 23.5 Å². The number of allylic oxidation sites excluding steroid dienone is 1. The van der Waals surface area contributed by atoms with Crippen LogP contribution in [0.5, 0.6) is 5.75 Å². The lowest BCUT2D eigenvalue weighted by Crippen LogP contribution is -2.34. The van der Waals surface area contributed by atoms with Crippen LogP contribution in [0.4, 0.5) is 0 Å². The Hall–Kier alpha value is -2.62. The zero-order chi connectivity index (χ0) is 17.1. The molecule has 1 N–H and O–H groups in total. The van der Waals surface area contributed by atoms with Gasteiger partial charge in [-0.25, -0.2) is 0 Å². The smallest absolute Gasteiger partial charge is 0.246 e. The minimum atomic E-state index is -0.0437. The Morgan fingerprint density at radius 2 is 2.21 bits per heavy atom. The van der Waals surface area contributed by atoms with Crippen molar-refractivity contribution in [3.05, 3.63) is 59.3 Å². The fraction of sp³-hybridized carbons (Fsp3) is 0.300. The number of pyridine rings is 1. The topological polar surface area (TPSA) is 51.2 Å². The first-order chi connectivity index (χ1) is 11.6. The van der Waals surface area contributed by atoms with E-state index in [0.29, 0.717) is 6.54 Å². The number of hydrogen-bond acceptors (Lipinski definition) is 3. The van der Waals surface area contributed by atoms with Gasteiger partial charge in [0.05, 0.1) is 12.2 Å². The van der Waals surface area contributed by atoms with Gasteiger partial charge in [-0.1, -0.05) is 24.3 Å². The Morgan fingerprint density at radius 3 is 2.96 bits per heavy atom. The summed E-state index contributed by atoms with van der Waals surface area (Å²) in [5.41, 5.74) is 4.97. The third-order valence-corrected chi connectivity index (χ3v) is 4.37. The third kappa shape index (κ3) is 3.18. The van der Waals surface area contributed by atoms with E-state index in [0.717, 1.165) is 34.6 Å². The van der Waals surface area contributed by atoms with E-state index in [1.807, 2.05) is 51.1 Å². The molecule has 2 heterocycles. The molecule has 1 aromatic carbocycles. The molecule has 0 saturated carbocycles. The van der Waals surface area contributed by atoms with E-state index < -0.39 is 0 Å². The quantitative estimate of drug-likeness (QED) is 0.877. The first-order valence-electron chi connectivity index (χ1n) is 8.21. The molecule has 0 radical (unpaired) electrons. The summed E-state index contributed by atoms with van der Waals surface area (Å²) in [5.74, 6) is 0.846. The average molecular weight is 322 g/mol. The second-order valence-corrected chi connectivity index (χ2v) is 6.09. The summed E-state index contributed by atoms with van der Waals surface area (Å²) in [7, 11) is 0. The number of aromatic nitrogens is 1. The summed E-state index contributed by atoms with van der Waals surface area (Å²) >= 11 is 0. The van der Waals surface area contributed by atoms with Crippen LogP contribution in [0.25, 0.3) is 11.3 Å². The van der Waals surface area contributed by atoms with E-state index in [2.05, 4.69) is 16.4 Å². The number of aryl methyl sites for hydroxylation is 1. The lowest BCUT2D eigenvalue weighted by Gasteiger charge is -2.14. The largest absolute Gasteiger partial charge is 0.487 e. The van der Waals surface area contributed by atoms with Crippen LogP contribution in [0.15, 0.2) is 48.2 Å². The van der Waals surface area contributed by atoms with Crippen LogP contribution in [-0.2, 0) is 11.2 Å². The number of ether oxygens (including phenoxy) is 1. The van der Waals surface area contributed by atoms with Gasteiger partial charge in [0.25, 0.3) is 0 Å². The molecule has 4 nitrogen and oxygen atoms in total. The molecule has 1 aliphatic heterocycles. The SMILES string of the molecule is C/C=C(\C)C(=O)NC[C@@H]1Cc2cccc(-c3ncccc3C)c2O1. The Morgan fingerprint density at radius 1 is 1.38 bits per heavy atom. The van der Waals surface area contributed by atoms with Gasteiger partial charge in [0.2, 0.25) is 5.91 Å². The summed E-state index contributed by atoms with van der Waals surface area (Å²) in [6.07, 6.45) is 4.36. The number of nitrogens with zero attached hydrogens (tertiary/aromatic N) is 1. The van der Waals surface area contributed by atoms with Crippen LogP contribution in [0.3, 0.4) is 0 Å². The fourth-order valence-corrected chi connectivity index (χ4v) is 2.88. The van der Waals surface area contributed by atoms with Gasteiger partial charge in [0.15, 0.2) is 0 Å². The highest BCUT2D eigenvalue weighted by atomic mass is 16.5. The lowest BCUT2D eigenvalue weighted by atomic mass is 10.0. The molecule has 0 spiro atoms. The highest BCUT2D eigenvalue weighted by molar-refractivity contribution is 5.92. The number of fused-ring (bicyclic) bond motifs is 1. The molecule has 4 heteroatoms. The molecule has 24 heavy (non-hydrogen) atoms. The molecule has 0 unspecified atom stereocenters. The van der Waals surface area contributed by atoms with E-state index in [1.165, 1.54) is 5.56 Å². The van der Waals surface area contributed by atoms with Gasteiger partial charge >= 0.3 is 0 Å². The molecular weight excluding hydrogens is 300 g/mol. The van der Waals surface area contributed by atoms with Gasteiger partial charge in [-0.05, 0) is 44.0 Å². The second kappa shape index (κ2) is 6.87. The molecule has 124 valence electrons. The van der Waals surface area contributed by atoms with Crippen molar-refractivity contribution in [2.45, 2.75) is 33.3 Å². The summed E-state index contributed by atoms with van der Waals surface area (Å²) in [6, 6.07) is 10.1. The number of carbonyl (C=O) groups is 1. The monoisotopic (exact) mass is 322 g/mol. The Labute approximate surface area is 142 Å². The molecule has 0 aliphatic carbocycles. The van der Waals surface area contributed by atoms with E-state index in [9.17, 15) is 4.79 Å². The van der Waals surface area contributed by atoms with Gasteiger partial charge in [0.1, 0.15) is 11.9 Å². The van der Waals surface area contributed by atoms with Crippen molar-refractivity contribution in [1.82, 2.24) is 10.3 Å². The normalized spacial score (nSPS) is 16.5. The number of nitrogens with one attached hydrogen (secondary N) is 1. The van der Waals surface area contributed by atoms with Crippen LogP contribution in [0, 0.1) is 6.92 Å². The summed E-state index contributed by atoms with van der Waals surface area (Å²) in [4.78, 5) is 16.4. The third-order valence-electron chi connectivity index (χ3n) is 4.37. The first-order valence-corrected chi connectivity index (χ1v) is 8.21. The molecule has 1 amide bonds. The number of amides is 1. The predicted octanol–water partition coefficient (Wildman–Crippen LogP) is 3.44. The maximum atomic E-state index is 11.9. The molecule has 0 fully saturated rings. The van der Waals surface area contributed by atoms with Gasteiger partial charge < -0.3 is 10.1 Å². The first kappa shape index (κ1) is 16.2. The standard InChI is InChI=1S/C20H22N2O2/c1-4-13(2)20(23)22-12-16-11-15-8-5-9-17(19(15)24-16)18-14(3)7-6-10-21-18/h4-10,16H,11-12H2,1-3H3,(H,22,23)/b13-4+/t16-/m0/s1. The molecule has 0 saturated heterocycles. The van der Waals surface area contributed by atoms with Crippen molar-refractivity contribution >= 4 is 5.91 Å². The Balaban J connectivity index is 1.78. The molecule has 0 bridgehead atoms. The molecule has 2 aromatic rings. The average Bonchev–Trinajstić information content (AvgIpc) is 3.02. The Kier molecular flexibility index (Phi) is 4.65. The maximum Gasteiger partial charge on any atom is 0.246 e. The van der Waals surface area contributed by atoms with Crippen molar-refractivity contribution in [2.75, 3.05) is 6.54 Å². The summed E-state index contributed by atoms with van der Waals surface area (Å²) in [5, 5.41) is 2.93. The maximum absolute atomic E-state index is 11.9. The number of para-hydroxylation sites is 1. The zero-order valence-electron chi connectivity index (χ0n) is 14.3. The van der Waals surface area contributed by atoms with E-state index in [1.54, 1.807) is 6.20 Å². The summed E-state index contributed by atoms with van der Waals surface area (Å²) < 4.78 is 6.14. The van der Waals surface area contributed by atoms with Gasteiger partial charge in [-0.3, -0.25) is 9.78 Å². The van der Waals surface area contributed by atoms with Crippen LogP contribution >= 0.6 is 0 Å². The fourth-order valence-electron chi connectivity index (χ4n) is 2.88. The molecular formula is C20H22N2O2. The van der Waals surface area contributed by atoms with Crippen molar-refractivity contribution in [1.29, 1.82) is 0 Å².